The van der Waals surface area contributed by atoms with E-state index >= 15 is 0 Å². The second-order valence-corrected chi connectivity index (χ2v) is 5.04. The fourth-order valence-corrected chi connectivity index (χ4v) is 2.03. The number of carbonyl (C=O) groups excluding carboxylic acids is 1. The second-order valence-electron chi connectivity index (χ2n) is 3.78. The van der Waals surface area contributed by atoms with Gasteiger partial charge >= 0.3 is 5.97 Å². The van der Waals surface area contributed by atoms with Crippen LogP contribution in [0.5, 0.6) is 0 Å². The van der Waals surface area contributed by atoms with Crippen molar-refractivity contribution in [1.29, 1.82) is 0 Å². The van der Waals surface area contributed by atoms with E-state index in [1.54, 1.807) is 32.0 Å². The van der Waals surface area contributed by atoms with Crippen LogP contribution in [0.2, 0.25) is 5.02 Å². The number of nitrogens with zero attached hydrogens (tertiary/aromatic N) is 1. The van der Waals surface area contributed by atoms with E-state index in [4.69, 9.17) is 20.8 Å². The molecule has 1 heterocycles. The van der Waals surface area contributed by atoms with Gasteiger partial charge in [0, 0.05) is 10.0 Å². The van der Waals surface area contributed by atoms with Crippen molar-refractivity contribution < 1.29 is 13.9 Å². The molecule has 0 radical (unpaired) electrons. The molecule has 100 valence electrons. The molecule has 4 nitrogen and oxygen atoms in total. The highest BCUT2D eigenvalue weighted by Crippen LogP contribution is 2.29. The van der Waals surface area contributed by atoms with E-state index in [0.29, 0.717) is 23.2 Å². The third-order valence-electron chi connectivity index (χ3n) is 2.42. The van der Waals surface area contributed by atoms with E-state index in [9.17, 15) is 4.79 Å². The van der Waals surface area contributed by atoms with E-state index in [2.05, 4.69) is 20.9 Å². The highest BCUT2D eigenvalue weighted by Gasteiger charge is 2.19. The Hall–Kier alpha value is -1.33. The molecule has 0 unspecified atom stereocenters. The van der Waals surface area contributed by atoms with Gasteiger partial charge in [-0.3, -0.25) is 0 Å². The van der Waals surface area contributed by atoms with Gasteiger partial charge in [0.25, 0.3) is 0 Å². The Kier molecular flexibility index (Phi) is 4.27. The molecule has 0 atom stereocenters. The van der Waals surface area contributed by atoms with Crippen molar-refractivity contribution in [2.24, 2.45) is 0 Å². The fourth-order valence-electron chi connectivity index (χ4n) is 1.54. The quantitative estimate of drug-likeness (QED) is 0.781. The minimum atomic E-state index is -0.508. The number of hydrogen-bond acceptors (Lipinski definition) is 4. The molecule has 19 heavy (non-hydrogen) atoms. The molecule has 2 aromatic rings. The van der Waals surface area contributed by atoms with Gasteiger partial charge in [-0.15, -0.1) is 0 Å². The lowest BCUT2D eigenvalue weighted by Crippen LogP contribution is -2.04. The molecule has 0 amide bonds. The summed E-state index contributed by atoms with van der Waals surface area (Å²) in [7, 11) is 0. The number of benzene rings is 1. The Morgan fingerprint density at radius 3 is 2.89 bits per heavy atom. The topological polar surface area (TPSA) is 52.3 Å². The molecule has 1 aromatic heterocycles. The number of hydrogen-bond donors (Lipinski definition) is 0. The zero-order valence-electron chi connectivity index (χ0n) is 10.4. The summed E-state index contributed by atoms with van der Waals surface area (Å²) >= 11 is 9.25. The number of aromatic nitrogens is 1. The molecule has 1 aromatic carbocycles. The maximum Gasteiger partial charge on any atom is 0.376 e. The van der Waals surface area contributed by atoms with Gasteiger partial charge in [-0.1, -0.05) is 11.6 Å². The number of ether oxygens (including phenoxy) is 1. The van der Waals surface area contributed by atoms with Crippen molar-refractivity contribution in [2.45, 2.75) is 13.8 Å². The minimum Gasteiger partial charge on any atom is -0.460 e. The lowest BCUT2D eigenvalue weighted by atomic mass is 10.2. The van der Waals surface area contributed by atoms with Crippen LogP contribution in [0.25, 0.3) is 11.5 Å². The largest absolute Gasteiger partial charge is 0.460 e. The molecule has 0 saturated carbocycles. The Bertz CT molecular complexity index is 624. The molecule has 2 rings (SSSR count). The Labute approximate surface area is 123 Å². The molecular formula is C13H11BrClNO3. The van der Waals surface area contributed by atoms with Crippen molar-refractivity contribution in [2.75, 3.05) is 6.61 Å². The molecule has 0 saturated heterocycles. The van der Waals surface area contributed by atoms with Crippen LogP contribution in [-0.4, -0.2) is 17.6 Å². The maximum atomic E-state index is 11.6. The van der Waals surface area contributed by atoms with Gasteiger partial charge in [0.05, 0.1) is 17.3 Å². The highest BCUT2D eigenvalue weighted by atomic mass is 79.9. The second kappa shape index (κ2) is 5.75. The molecular weight excluding hydrogens is 334 g/mol. The van der Waals surface area contributed by atoms with Crippen molar-refractivity contribution in [1.82, 2.24) is 4.98 Å². The van der Waals surface area contributed by atoms with Crippen LogP contribution in [0.1, 0.15) is 23.2 Å². The summed E-state index contributed by atoms with van der Waals surface area (Å²) in [4.78, 5) is 15.9. The predicted molar refractivity (Wildman–Crippen MR) is 75.3 cm³/mol. The summed E-state index contributed by atoms with van der Waals surface area (Å²) < 4.78 is 11.1. The van der Waals surface area contributed by atoms with Crippen LogP contribution in [0.4, 0.5) is 0 Å². The number of esters is 1. The summed E-state index contributed by atoms with van der Waals surface area (Å²) in [6, 6.07) is 5.28. The number of aryl methyl sites for hydroxylation is 1. The summed E-state index contributed by atoms with van der Waals surface area (Å²) in [5.41, 5.74) is 1.23. The van der Waals surface area contributed by atoms with Gasteiger partial charge in [-0.05, 0) is 48.0 Å². The van der Waals surface area contributed by atoms with Gasteiger partial charge in [-0.25, -0.2) is 9.78 Å². The van der Waals surface area contributed by atoms with E-state index in [0.717, 1.165) is 10.0 Å². The molecule has 0 spiro atoms. The minimum absolute atomic E-state index is 0.128. The first-order valence-corrected chi connectivity index (χ1v) is 6.80. The monoisotopic (exact) mass is 343 g/mol. The van der Waals surface area contributed by atoms with E-state index < -0.39 is 5.97 Å². The summed E-state index contributed by atoms with van der Waals surface area (Å²) in [6.45, 7) is 3.73. The molecule has 0 aliphatic heterocycles. The van der Waals surface area contributed by atoms with Crippen LogP contribution in [-0.2, 0) is 4.74 Å². The number of carbonyl (C=O) groups is 1. The SMILES string of the molecule is CCOC(=O)c1oc(-c2ccc(Cl)c(Br)c2)nc1C. The van der Waals surface area contributed by atoms with E-state index in [-0.39, 0.29) is 5.76 Å². The number of rotatable bonds is 3. The van der Waals surface area contributed by atoms with Crippen molar-refractivity contribution in [3.63, 3.8) is 0 Å². The normalized spacial score (nSPS) is 10.5. The van der Waals surface area contributed by atoms with Gasteiger partial charge in [0.1, 0.15) is 0 Å². The van der Waals surface area contributed by atoms with E-state index in [1.807, 2.05) is 0 Å². The van der Waals surface area contributed by atoms with Gasteiger partial charge in [0.15, 0.2) is 0 Å². The Morgan fingerprint density at radius 1 is 1.53 bits per heavy atom. The molecule has 0 fully saturated rings. The zero-order valence-corrected chi connectivity index (χ0v) is 12.7. The van der Waals surface area contributed by atoms with Crippen LogP contribution in [0.3, 0.4) is 0 Å². The average molecular weight is 345 g/mol. The first kappa shape index (κ1) is 14.1. The number of oxazole rings is 1. The predicted octanol–water partition coefficient (Wildman–Crippen LogP) is 4.24. The molecule has 0 bridgehead atoms. The summed E-state index contributed by atoms with van der Waals surface area (Å²) in [5, 5.41) is 0.595. The summed E-state index contributed by atoms with van der Waals surface area (Å²) in [5.74, 6) is -0.0207. The third-order valence-corrected chi connectivity index (χ3v) is 3.64. The zero-order chi connectivity index (χ0) is 14.0. The van der Waals surface area contributed by atoms with Gasteiger partial charge in [0.2, 0.25) is 11.7 Å². The fraction of sp³-hybridized carbons (Fsp3) is 0.231. The molecule has 0 N–H and O–H groups in total. The number of halogens is 2. The molecule has 6 heteroatoms. The Balaban J connectivity index is 2.38. The summed E-state index contributed by atoms with van der Waals surface area (Å²) in [6.07, 6.45) is 0. The van der Waals surface area contributed by atoms with E-state index in [1.165, 1.54) is 0 Å². The van der Waals surface area contributed by atoms with Gasteiger partial charge < -0.3 is 9.15 Å². The smallest absolute Gasteiger partial charge is 0.376 e. The van der Waals surface area contributed by atoms with Crippen molar-refractivity contribution >= 4 is 33.5 Å². The van der Waals surface area contributed by atoms with Crippen LogP contribution in [0, 0.1) is 6.92 Å². The lowest BCUT2D eigenvalue weighted by molar-refractivity contribution is 0.0490. The lowest BCUT2D eigenvalue weighted by Gasteiger charge is -1.99. The van der Waals surface area contributed by atoms with Crippen molar-refractivity contribution in [3.05, 3.63) is 39.1 Å². The molecule has 0 aliphatic carbocycles. The maximum absolute atomic E-state index is 11.6. The highest BCUT2D eigenvalue weighted by molar-refractivity contribution is 9.10. The molecule has 0 aliphatic rings. The van der Waals surface area contributed by atoms with Crippen LogP contribution in [0.15, 0.2) is 27.1 Å². The third kappa shape index (κ3) is 2.98. The Morgan fingerprint density at radius 2 is 2.26 bits per heavy atom. The first-order valence-electron chi connectivity index (χ1n) is 5.63. The first-order chi connectivity index (χ1) is 9.02. The standard InChI is InChI=1S/C13H11BrClNO3/c1-3-18-13(17)11-7(2)16-12(19-11)8-4-5-10(15)9(14)6-8/h4-6H,3H2,1-2H3. The van der Waals surface area contributed by atoms with Crippen molar-refractivity contribution in [3.8, 4) is 11.5 Å². The average Bonchev–Trinajstić information content (AvgIpc) is 2.75. The van der Waals surface area contributed by atoms with Gasteiger partial charge in [-0.2, -0.15) is 0 Å². The van der Waals surface area contributed by atoms with Crippen LogP contribution < -0.4 is 0 Å². The van der Waals surface area contributed by atoms with Crippen LogP contribution >= 0.6 is 27.5 Å².